The topological polar surface area (TPSA) is 21.3 Å². The Morgan fingerprint density at radius 2 is 2.22 bits per heavy atom. The van der Waals surface area contributed by atoms with Gasteiger partial charge in [0.1, 0.15) is 5.82 Å². The van der Waals surface area contributed by atoms with E-state index in [4.69, 9.17) is 4.74 Å². The fourth-order valence-corrected chi connectivity index (χ4v) is 2.77. The Bertz CT molecular complexity index is 407. The molecule has 2 nitrogen and oxygen atoms in total. The summed E-state index contributed by atoms with van der Waals surface area (Å²) in [6.45, 7) is 6.80. The molecule has 0 fully saturated rings. The summed E-state index contributed by atoms with van der Waals surface area (Å²) in [4.78, 5) is 0. The third kappa shape index (κ3) is 2.57. The van der Waals surface area contributed by atoms with Gasteiger partial charge in [0.15, 0.2) is 0 Å². The maximum absolute atomic E-state index is 13.5. The SMILES string of the molecule is CCNCCC1(CC)OCCc2ccc(F)cc21. The Morgan fingerprint density at radius 3 is 2.94 bits per heavy atom. The van der Waals surface area contributed by atoms with E-state index in [2.05, 4.69) is 19.2 Å². The first-order valence-corrected chi connectivity index (χ1v) is 6.85. The normalized spacial score (nSPS) is 22.8. The van der Waals surface area contributed by atoms with Crippen molar-refractivity contribution in [1.82, 2.24) is 5.32 Å². The maximum Gasteiger partial charge on any atom is 0.123 e. The molecule has 1 aromatic carbocycles. The lowest BCUT2D eigenvalue weighted by Gasteiger charge is -2.39. The van der Waals surface area contributed by atoms with Crippen LogP contribution in [0.5, 0.6) is 0 Å². The van der Waals surface area contributed by atoms with Crippen molar-refractivity contribution in [3.8, 4) is 0 Å². The summed E-state index contributed by atoms with van der Waals surface area (Å²) in [5.74, 6) is -0.166. The monoisotopic (exact) mass is 251 g/mol. The van der Waals surface area contributed by atoms with E-state index < -0.39 is 0 Å². The molecule has 0 spiro atoms. The zero-order valence-corrected chi connectivity index (χ0v) is 11.3. The van der Waals surface area contributed by atoms with Gasteiger partial charge in [0.2, 0.25) is 0 Å². The van der Waals surface area contributed by atoms with Crippen LogP contribution in [0.25, 0.3) is 0 Å². The molecular formula is C15H22FNO. The van der Waals surface area contributed by atoms with E-state index in [9.17, 15) is 4.39 Å². The van der Waals surface area contributed by atoms with Crippen LogP contribution in [0.3, 0.4) is 0 Å². The second kappa shape index (κ2) is 5.81. The quantitative estimate of drug-likeness (QED) is 0.812. The Hall–Kier alpha value is -0.930. The van der Waals surface area contributed by atoms with Crippen molar-refractivity contribution in [2.75, 3.05) is 19.7 Å². The minimum atomic E-state index is -0.308. The fourth-order valence-electron chi connectivity index (χ4n) is 2.77. The smallest absolute Gasteiger partial charge is 0.123 e. The van der Waals surface area contributed by atoms with Crippen molar-refractivity contribution in [3.63, 3.8) is 0 Å². The number of halogens is 1. The number of fused-ring (bicyclic) bond motifs is 1. The van der Waals surface area contributed by atoms with Crippen LogP contribution in [0.15, 0.2) is 18.2 Å². The van der Waals surface area contributed by atoms with Gasteiger partial charge in [-0.05, 0) is 55.6 Å². The summed E-state index contributed by atoms with van der Waals surface area (Å²) < 4.78 is 19.5. The van der Waals surface area contributed by atoms with Gasteiger partial charge in [0.25, 0.3) is 0 Å². The summed E-state index contributed by atoms with van der Waals surface area (Å²) in [5, 5.41) is 3.33. The molecule has 1 aromatic rings. The van der Waals surface area contributed by atoms with Crippen LogP contribution in [0.2, 0.25) is 0 Å². The molecule has 3 heteroatoms. The number of hydrogen-bond acceptors (Lipinski definition) is 2. The molecule has 0 saturated heterocycles. The predicted octanol–water partition coefficient (Wildman–Crippen LogP) is 3.00. The van der Waals surface area contributed by atoms with Crippen LogP contribution < -0.4 is 5.32 Å². The molecule has 2 rings (SSSR count). The third-order valence-electron chi connectivity index (χ3n) is 3.84. The third-order valence-corrected chi connectivity index (χ3v) is 3.84. The first-order valence-electron chi connectivity index (χ1n) is 6.85. The second-order valence-electron chi connectivity index (χ2n) is 4.85. The van der Waals surface area contributed by atoms with Crippen LogP contribution in [0, 0.1) is 5.82 Å². The van der Waals surface area contributed by atoms with E-state index >= 15 is 0 Å². The molecule has 0 amide bonds. The van der Waals surface area contributed by atoms with Crippen LogP contribution in [0.4, 0.5) is 4.39 Å². The lowest BCUT2D eigenvalue weighted by molar-refractivity contribution is -0.0691. The summed E-state index contributed by atoms with van der Waals surface area (Å²) in [7, 11) is 0. The van der Waals surface area contributed by atoms with Crippen LogP contribution in [0.1, 0.15) is 37.8 Å². The molecule has 0 bridgehead atoms. The Morgan fingerprint density at radius 1 is 1.39 bits per heavy atom. The number of rotatable bonds is 5. The number of hydrogen-bond donors (Lipinski definition) is 1. The Balaban J connectivity index is 2.29. The largest absolute Gasteiger partial charge is 0.370 e. The van der Waals surface area contributed by atoms with Gasteiger partial charge in [-0.25, -0.2) is 4.39 Å². The Labute approximate surface area is 109 Å². The molecule has 100 valence electrons. The number of benzene rings is 1. The van der Waals surface area contributed by atoms with Gasteiger partial charge in [0, 0.05) is 0 Å². The highest BCUT2D eigenvalue weighted by atomic mass is 19.1. The average Bonchev–Trinajstić information content (AvgIpc) is 2.39. The Kier molecular flexibility index (Phi) is 4.36. The highest BCUT2D eigenvalue weighted by Gasteiger charge is 2.35. The van der Waals surface area contributed by atoms with Crippen LogP contribution >= 0.6 is 0 Å². The molecule has 1 aliphatic heterocycles. The molecule has 1 N–H and O–H groups in total. The van der Waals surface area contributed by atoms with E-state index in [0.717, 1.165) is 44.5 Å². The van der Waals surface area contributed by atoms with Crippen molar-refractivity contribution in [2.24, 2.45) is 0 Å². The number of nitrogens with one attached hydrogen (secondary N) is 1. The van der Waals surface area contributed by atoms with Gasteiger partial charge in [-0.2, -0.15) is 0 Å². The van der Waals surface area contributed by atoms with Gasteiger partial charge in [-0.1, -0.05) is 19.9 Å². The van der Waals surface area contributed by atoms with Gasteiger partial charge >= 0.3 is 0 Å². The molecule has 0 saturated carbocycles. The molecule has 1 aliphatic rings. The highest BCUT2D eigenvalue weighted by Crippen LogP contribution is 2.38. The molecule has 0 aliphatic carbocycles. The fraction of sp³-hybridized carbons (Fsp3) is 0.600. The van der Waals surface area contributed by atoms with Gasteiger partial charge in [0.05, 0.1) is 12.2 Å². The van der Waals surface area contributed by atoms with Gasteiger partial charge in [-0.3, -0.25) is 0 Å². The highest BCUT2D eigenvalue weighted by molar-refractivity contribution is 5.35. The minimum absolute atomic E-state index is 0.166. The number of ether oxygens (including phenoxy) is 1. The molecule has 0 radical (unpaired) electrons. The molecule has 1 atom stereocenters. The summed E-state index contributed by atoms with van der Waals surface area (Å²) in [5.41, 5.74) is 1.98. The summed E-state index contributed by atoms with van der Waals surface area (Å²) in [6, 6.07) is 5.11. The van der Waals surface area contributed by atoms with E-state index in [1.807, 2.05) is 6.07 Å². The van der Waals surface area contributed by atoms with E-state index in [1.165, 1.54) is 5.56 Å². The lowest BCUT2D eigenvalue weighted by atomic mass is 9.82. The van der Waals surface area contributed by atoms with Gasteiger partial charge in [-0.15, -0.1) is 0 Å². The zero-order valence-electron chi connectivity index (χ0n) is 11.3. The van der Waals surface area contributed by atoms with Crippen molar-refractivity contribution in [2.45, 2.75) is 38.7 Å². The van der Waals surface area contributed by atoms with Crippen molar-refractivity contribution >= 4 is 0 Å². The first-order chi connectivity index (χ1) is 8.72. The molecular weight excluding hydrogens is 229 g/mol. The van der Waals surface area contributed by atoms with Crippen molar-refractivity contribution in [1.29, 1.82) is 0 Å². The van der Waals surface area contributed by atoms with E-state index in [1.54, 1.807) is 12.1 Å². The van der Waals surface area contributed by atoms with Crippen LogP contribution in [-0.4, -0.2) is 19.7 Å². The van der Waals surface area contributed by atoms with E-state index in [-0.39, 0.29) is 11.4 Å². The lowest BCUT2D eigenvalue weighted by Crippen LogP contribution is -2.38. The standard InChI is InChI=1S/C15H22FNO/c1-3-15(8-9-17-4-2)14-11-13(16)6-5-12(14)7-10-18-15/h5-6,11,17H,3-4,7-10H2,1-2H3. The first kappa shape index (κ1) is 13.5. The minimum Gasteiger partial charge on any atom is -0.370 e. The van der Waals surface area contributed by atoms with Crippen molar-refractivity contribution in [3.05, 3.63) is 35.1 Å². The molecule has 18 heavy (non-hydrogen) atoms. The summed E-state index contributed by atoms with van der Waals surface area (Å²) in [6.07, 6.45) is 2.67. The zero-order chi connectivity index (χ0) is 13.0. The average molecular weight is 251 g/mol. The molecule has 0 aromatic heterocycles. The second-order valence-corrected chi connectivity index (χ2v) is 4.85. The predicted molar refractivity (Wildman–Crippen MR) is 71.2 cm³/mol. The molecule has 1 heterocycles. The summed E-state index contributed by atoms with van der Waals surface area (Å²) >= 11 is 0. The molecule has 1 unspecified atom stereocenters. The van der Waals surface area contributed by atoms with Crippen molar-refractivity contribution < 1.29 is 9.13 Å². The van der Waals surface area contributed by atoms with Crippen LogP contribution in [-0.2, 0) is 16.8 Å². The maximum atomic E-state index is 13.5. The van der Waals surface area contributed by atoms with Gasteiger partial charge < -0.3 is 10.1 Å². The van der Waals surface area contributed by atoms with E-state index in [0.29, 0.717) is 0 Å².